The number of hydrogen-bond donors (Lipinski definition) is 2. The molecule has 0 saturated carbocycles. The number of aryl methyl sites for hydroxylation is 1. The van der Waals surface area contributed by atoms with Crippen LogP contribution in [0.3, 0.4) is 0 Å². The zero-order chi connectivity index (χ0) is 19.5. The normalized spacial score (nSPS) is 10.8. The molecule has 0 radical (unpaired) electrons. The summed E-state index contributed by atoms with van der Waals surface area (Å²) in [7, 11) is 0. The number of benzene rings is 2. The maximum Gasteiger partial charge on any atom is 0.161 e. The largest absolute Gasteiger partial charge is 0.393 e. The summed E-state index contributed by atoms with van der Waals surface area (Å²) in [5, 5.41) is 5.56. The smallest absolute Gasteiger partial charge is 0.161 e. The molecule has 6 nitrogen and oxygen atoms in total. The Kier molecular flexibility index (Phi) is 4.76. The van der Waals surface area contributed by atoms with Crippen LogP contribution in [0.2, 0.25) is 0 Å². The number of nitrogen functional groups attached to an aromatic ring is 1. The Morgan fingerprint density at radius 2 is 1.75 bits per heavy atom. The lowest BCUT2D eigenvalue weighted by Crippen LogP contribution is -2.20. The quantitative estimate of drug-likeness (QED) is 0.524. The maximum absolute atomic E-state index is 6.48. The summed E-state index contributed by atoms with van der Waals surface area (Å²) in [4.78, 5) is 15.3. The summed E-state index contributed by atoms with van der Waals surface area (Å²) in [6.07, 6.45) is 3.27. The first-order chi connectivity index (χ1) is 13.7. The Morgan fingerprint density at radius 3 is 2.57 bits per heavy atom. The van der Waals surface area contributed by atoms with Crippen molar-refractivity contribution in [2.24, 2.45) is 0 Å². The Morgan fingerprint density at radius 1 is 0.929 bits per heavy atom. The third kappa shape index (κ3) is 3.20. The number of anilines is 5. The Hall–Kier alpha value is -3.67. The third-order valence-electron chi connectivity index (χ3n) is 4.74. The van der Waals surface area contributed by atoms with Crippen molar-refractivity contribution in [1.29, 1.82) is 0 Å². The van der Waals surface area contributed by atoms with Gasteiger partial charge in [-0.2, -0.15) is 0 Å². The molecule has 0 bridgehead atoms. The lowest BCUT2D eigenvalue weighted by atomic mass is 10.1. The SMILES string of the molecule is CCN(c1ncnc(Nc2ncccc2C)c1N)c1cccc2ccccc12. The van der Waals surface area contributed by atoms with Gasteiger partial charge in [0.15, 0.2) is 11.6 Å². The topological polar surface area (TPSA) is 80.0 Å². The van der Waals surface area contributed by atoms with Gasteiger partial charge in [-0.15, -0.1) is 0 Å². The van der Waals surface area contributed by atoms with Crippen LogP contribution >= 0.6 is 0 Å². The number of nitrogens with two attached hydrogens (primary N) is 1. The molecule has 0 aliphatic heterocycles. The molecule has 0 atom stereocenters. The zero-order valence-electron chi connectivity index (χ0n) is 15.9. The predicted molar refractivity (Wildman–Crippen MR) is 115 cm³/mol. The highest BCUT2D eigenvalue weighted by molar-refractivity contribution is 5.97. The van der Waals surface area contributed by atoms with Crippen molar-refractivity contribution < 1.29 is 0 Å². The van der Waals surface area contributed by atoms with Gasteiger partial charge >= 0.3 is 0 Å². The van der Waals surface area contributed by atoms with Crippen LogP contribution in [-0.4, -0.2) is 21.5 Å². The minimum absolute atomic E-state index is 0.488. The van der Waals surface area contributed by atoms with Crippen LogP contribution in [0.1, 0.15) is 12.5 Å². The molecule has 0 amide bonds. The second-order valence-electron chi connectivity index (χ2n) is 6.50. The third-order valence-corrected chi connectivity index (χ3v) is 4.74. The molecule has 0 fully saturated rings. The van der Waals surface area contributed by atoms with Gasteiger partial charge in [0.1, 0.15) is 17.8 Å². The van der Waals surface area contributed by atoms with Crippen LogP contribution in [0.5, 0.6) is 0 Å². The summed E-state index contributed by atoms with van der Waals surface area (Å²) in [5.74, 6) is 1.95. The van der Waals surface area contributed by atoms with Crippen molar-refractivity contribution >= 4 is 39.6 Å². The first-order valence-electron chi connectivity index (χ1n) is 9.23. The molecule has 2 heterocycles. The minimum Gasteiger partial charge on any atom is -0.393 e. The molecule has 0 spiro atoms. The Balaban J connectivity index is 1.78. The molecule has 3 N–H and O–H groups in total. The summed E-state index contributed by atoms with van der Waals surface area (Å²) in [6.45, 7) is 4.79. The molecular formula is C22H22N6. The Labute approximate surface area is 164 Å². The number of pyridine rings is 1. The lowest BCUT2D eigenvalue weighted by Gasteiger charge is -2.25. The number of hydrogen-bond acceptors (Lipinski definition) is 6. The van der Waals surface area contributed by atoms with Crippen LogP contribution < -0.4 is 16.0 Å². The second-order valence-corrected chi connectivity index (χ2v) is 6.50. The molecule has 6 heteroatoms. The maximum atomic E-state index is 6.48. The molecular weight excluding hydrogens is 348 g/mol. The lowest BCUT2D eigenvalue weighted by molar-refractivity contribution is 0.984. The average molecular weight is 370 g/mol. The standard InChI is InChI=1S/C22H22N6/c1-3-28(18-12-6-10-16-9-4-5-11-17(16)18)22-19(23)21(25-14-26-22)27-20-15(2)8-7-13-24-20/h4-14H,3,23H2,1-2H3,(H,24,25,26,27). The summed E-state index contributed by atoms with van der Waals surface area (Å²) >= 11 is 0. The van der Waals surface area contributed by atoms with Crippen molar-refractivity contribution in [3.8, 4) is 0 Å². The molecule has 4 aromatic rings. The van der Waals surface area contributed by atoms with E-state index in [9.17, 15) is 0 Å². The van der Waals surface area contributed by atoms with Gasteiger partial charge in [-0.05, 0) is 36.9 Å². The van der Waals surface area contributed by atoms with Gasteiger partial charge in [0.25, 0.3) is 0 Å². The molecule has 0 unspecified atom stereocenters. The molecule has 2 aromatic carbocycles. The van der Waals surface area contributed by atoms with Crippen LogP contribution in [-0.2, 0) is 0 Å². The van der Waals surface area contributed by atoms with Crippen LogP contribution in [0.15, 0.2) is 67.1 Å². The second kappa shape index (κ2) is 7.52. The highest BCUT2D eigenvalue weighted by Crippen LogP contribution is 2.36. The molecule has 28 heavy (non-hydrogen) atoms. The highest BCUT2D eigenvalue weighted by atomic mass is 15.2. The van der Waals surface area contributed by atoms with E-state index in [1.165, 1.54) is 11.7 Å². The van der Waals surface area contributed by atoms with E-state index in [1.54, 1.807) is 6.20 Å². The first kappa shape index (κ1) is 17.7. The predicted octanol–water partition coefficient (Wildman–Crippen LogP) is 4.82. The average Bonchev–Trinajstić information content (AvgIpc) is 2.73. The fourth-order valence-corrected chi connectivity index (χ4v) is 3.31. The number of aromatic nitrogens is 3. The Bertz CT molecular complexity index is 1120. The van der Waals surface area contributed by atoms with Gasteiger partial charge in [0.05, 0.1) is 5.69 Å². The fraction of sp³-hybridized carbons (Fsp3) is 0.136. The van der Waals surface area contributed by atoms with Crippen LogP contribution in [0.4, 0.5) is 28.8 Å². The number of fused-ring (bicyclic) bond motifs is 1. The van der Waals surface area contributed by atoms with E-state index in [-0.39, 0.29) is 0 Å². The van der Waals surface area contributed by atoms with Crippen molar-refractivity contribution in [2.75, 3.05) is 22.5 Å². The number of rotatable bonds is 5. The van der Waals surface area contributed by atoms with E-state index < -0.39 is 0 Å². The molecule has 0 aliphatic carbocycles. The number of nitrogens with one attached hydrogen (secondary N) is 1. The molecule has 0 saturated heterocycles. The summed E-state index contributed by atoms with van der Waals surface area (Å²) in [5.41, 5.74) is 9.05. The number of nitrogens with zero attached hydrogens (tertiary/aromatic N) is 4. The highest BCUT2D eigenvalue weighted by Gasteiger charge is 2.18. The first-order valence-corrected chi connectivity index (χ1v) is 9.23. The van der Waals surface area contributed by atoms with Crippen LogP contribution in [0.25, 0.3) is 10.8 Å². The van der Waals surface area contributed by atoms with Crippen molar-refractivity contribution in [2.45, 2.75) is 13.8 Å². The minimum atomic E-state index is 0.488. The van der Waals surface area contributed by atoms with Crippen molar-refractivity contribution in [3.05, 3.63) is 72.7 Å². The van der Waals surface area contributed by atoms with Gasteiger partial charge in [-0.25, -0.2) is 15.0 Å². The van der Waals surface area contributed by atoms with E-state index in [1.807, 2.05) is 37.3 Å². The molecule has 0 aliphatic rings. The van der Waals surface area contributed by atoms with Gasteiger partial charge in [0, 0.05) is 18.1 Å². The van der Waals surface area contributed by atoms with E-state index in [0.29, 0.717) is 17.3 Å². The van der Waals surface area contributed by atoms with Gasteiger partial charge in [-0.1, -0.05) is 42.5 Å². The van der Waals surface area contributed by atoms with Gasteiger partial charge in [-0.3, -0.25) is 0 Å². The van der Waals surface area contributed by atoms with E-state index in [0.717, 1.165) is 29.0 Å². The summed E-state index contributed by atoms with van der Waals surface area (Å²) in [6, 6.07) is 18.4. The molecule has 140 valence electrons. The summed E-state index contributed by atoms with van der Waals surface area (Å²) < 4.78 is 0. The van der Waals surface area contributed by atoms with Crippen molar-refractivity contribution in [1.82, 2.24) is 15.0 Å². The molecule has 2 aromatic heterocycles. The fourth-order valence-electron chi connectivity index (χ4n) is 3.31. The monoisotopic (exact) mass is 370 g/mol. The van der Waals surface area contributed by atoms with Crippen LogP contribution in [0, 0.1) is 6.92 Å². The van der Waals surface area contributed by atoms with Gasteiger partial charge < -0.3 is 16.0 Å². The van der Waals surface area contributed by atoms with E-state index >= 15 is 0 Å². The van der Waals surface area contributed by atoms with E-state index in [2.05, 4.69) is 56.4 Å². The molecule has 4 rings (SSSR count). The van der Waals surface area contributed by atoms with Crippen molar-refractivity contribution in [3.63, 3.8) is 0 Å². The van der Waals surface area contributed by atoms with Gasteiger partial charge in [0.2, 0.25) is 0 Å². The zero-order valence-corrected chi connectivity index (χ0v) is 15.9. The van der Waals surface area contributed by atoms with E-state index in [4.69, 9.17) is 5.73 Å².